The van der Waals surface area contributed by atoms with Crippen LogP contribution >= 0.6 is 23.2 Å². The first-order valence-electron chi connectivity index (χ1n) is 12.3. The van der Waals surface area contributed by atoms with Gasteiger partial charge in [0.2, 0.25) is 0 Å². The van der Waals surface area contributed by atoms with Crippen LogP contribution in [0.3, 0.4) is 0 Å². The van der Waals surface area contributed by atoms with E-state index in [0.29, 0.717) is 30.2 Å². The minimum Gasteiger partial charge on any atom is -0.489 e. The lowest BCUT2D eigenvalue weighted by molar-refractivity contribution is -0.0515. The van der Waals surface area contributed by atoms with Crippen molar-refractivity contribution in [1.82, 2.24) is 9.88 Å². The third-order valence-electron chi connectivity index (χ3n) is 6.14. The van der Waals surface area contributed by atoms with Crippen LogP contribution in [0.5, 0.6) is 11.5 Å². The van der Waals surface area contributed by atoms with Crippen molar-refractivity contribution in [3.05, 3.63) is 91.3 Å². The molecule has 1 unspecified atom stereocenters. The highest BCUT2D eigenvalue weighted by Crippen LogP contribution is 2.37. The summed E-state index contributed by atoms with van der Waals surface area (Å²) in [7, 11) is 3.88. The van der Waals surface area contributed by atoms with Gasteiger partial charge in [-0.3, -0.25) is 4.79 Å². The summed E-state index contributed by atoms with van der Waals surface area (Å²) in [5, 5.41) is 0.0380. The van der Waals surface area contributed by atoms with E-state index in [4.69, 9.17) is 32.7 Å². The molecule has 4 rings (SSSR count). The van der Waals surface area contributed by atoms with Crippen LogP contribution in [0.15, 0.2) is 53.5 Å². The molecule has 0 bridgehead atoms. The molecule has 1 aromatic heterocycles. The first-order chi connectivity index (χ1) is 18.6. The van der Waals surface area contributed by atoms with E-state index in [9.17, 15) is 18.4 Å². The first-order valence-corrected chi connectivity index (χ1v) is 13.1. The fourth-order valence-corrected chi connectivity index (χ4v) is 4.46. The minimum atomic E-state index is -3.04. The number of nitrogens with zero attached hydrogens (tertiary/aromatic N) is 1. The van der Waals surface area contributed by atoms with Crippen molar-refractivity contribution in [3.63, 3.8) is 0 Å². The van der Waals surface area contributed by atoms with E-state index in [1.54, 1.807) is 12.1 Å². The van der Waals surface area contributed by atoms with Crippen molar-refractivity contribution >= 4 is 29.2 Å². The highest BCUT2D eigenvalue weighted by molar-refractivity contribution is 6.35. The van der Waals surface area contributed by atoms with E-state index >= 15 is 0 Å². The number of aromatic nitrogens is 1. The van der Waals surface area contributed by atoms with Crippen LogP contribution in [0, 0.1) is 5.92 Å². The standard InChI is InChI=1S/C28H28Cl2F2N2O5/c1-34(2)14-16-5-7-18(8-6-16)27(36)38-23(12-20-21(29)13-33-26(35)25(20)30)19-9-10-22(39-28(31)32)24(11-19)37-15-17-3-4-17/h5-11,13,17,23,28H,3-4,12,14-15H2,1-2H3,(H,33,35). The number of hydrogen-bond acceptors (Lipinski definition) is 6. The van der Waals surface area contributed by atoms with Crippen molar-refractivity contribution in [2.75, 3.05) is 20.7 Å². The number of nitrogens with one attached hydrogen (secondary N) is 1. The molecule has 7 nitrogen and oxygen atoms in total. The van der Waals surface area contributed by atoms with Crippen molar-refractivity contribution in [2.24, 2.45) is 5.92 Å². The van der Waals surface area contributed by atoms with Gasteiger partial charge in [0, 0.05) is 24.7 Å². The zero-order valence-electron chi connectivity index (χ0n) is 21.4. The van der Waals surface area contributed by atoms with E-state index in [1.807, 2.05) is 31.1 Å². The van der Waals surface area contributed by atoms with Crippen LogP contribution in [-0.4, -0.2) is 43.2 Å². The van der Waals surface area contributed by atoms with Crippen LogP contribution in [0.25, 0.3) is 0 Å². The molecule has 3 aromatic rings. The Bertz CT molecular complexity index is 1360. The van der Waals surface area contributed by atoms with Gasteiger partial charge in [0.05, 0.1) is 17.2 Å². The molecule has 0 spiro atoms. The first kappa shape index (κ1) is 28.9. The third-order valence-corrected chi connectivity index (χ3v) is 6.87. The Morgan fingerprint density at radius 2 is 1.82 bits per heavy atom. The number of carbonyl (C=O) groups excluding carboxylic acids is 1. The van der Waals surface area contributed by atoms with Crippen molar-refractivity contribution in [3.8, 4) is 11.5 Å². The summed E-state index contributed by atoms with van der Waals surface area (Å²) in [5.74, 6) is -0.312. The molecule has 208 valence electrons. The second-order valence-corrected chi connectivity index (χ2v) is 10.4. The number of ether oxygens (including phenoxy) is 3. The molecule has 11 heteroatoms. The average molecular weight is 581 g/mol. The lowest BCUT2D eigenvalue weighted by atomic mass is 10.0. The lowest BCUT2D eigenvalue weighted by Crippen LogP contribution is -2.17. The van der Waals surface area contributed by atoms with Gasteiger partial charge in [0.15, 0.2) is 11.5 Å². The monoisotopic (exact) mass is 580 g/mol. The maximum Gasteiger partial charge on any atom is 0.387 e. The molecule has 1 heterocycles. The molecule has 1 fully saturated rings. The maximum atomic E-state index is 13.2. The molecule has 1 aliphatic carbocycles. The van der Waals surface area contributed by atoms with Gasteiger partial charge in [-0.2, -0.15) is 8.78 Å². The van der Waals surface area contributed by atoms with Gasteiger partial charge >= 0.3 is 12.6 Å². The molecule has 1 saturated carbocycles. The molecule has 0 saturated heterocycles. The van der Waals surface area contributed by atoms with Gasteiger partial charge in [-0.15, -0.1) is 0 Å². The summed E-state index contributed by atoms with van der Waals surface area (Å²) in [4.78, 5) is 29.8. The summed E-state index contributed by atoms with van der Waals surface area (Å²) in [5.41, 5.74) is 1.48. The van der Waals surface area contributed by atoms with Gasteiger partial charge < -0.3 is 24.1 Å². The number of halogens is 4. The number of pyridine rings is 1. The molecular formula is C28H28Cl2F2N2O5. The van der Waals surface area contributed by atoms with Crippen LogP contribution < -0.4 is 15.0 Å². The molecule has 0 radical (unpaired) electrons. The highest BCUT2D eigenvalue weighted by atomic mass is 35.5. The van der Waals surface area contributed by atoms with Gasteiger partial charge in [-0.05, 0) is 68.2 Å². The summed E-state index contributed by atoms with van der Waals surface area (Å²) in [6.07, 6.45) is 2.26. The van der Waals surface area contributed by atoms with Crippen molar-refractivity contribution < 1.29 is 27.8 Å². The Morgan fingerprint density at radius 1 is 1.10 bits per heavy atom. The minimum absolute atomic E-state index is 0.0524. The second-order valence-electron chi connectivity index (χ2n) is 9.63. The smallest absolute Gasteiger partial charge is 0.387 e. The van der Waals surface area contributed by atoms with Crippen LogP contribution in [-0.2, 0) is 17.7 Å². The normalized spacial score (nSPS) is 13.9. The molecule has 0 amide bonds. The zero-order valence-corrected chi connectivity index (χ0v) is 22.9. The summed E-state index contributed by atoms with van der Waals surface area (Å²) in [6.45, 7) is -2.00. The Morgan fingerprint density at radius 3 is 2.46 bits per heavy atom. The van der Waals surface area contributed by atoms with Crippen molar-refractivity contribution in [2.45, 2.75) is 38.5 Å². The molecule has 1 aliphatic rings. The predicted octanol–water partition coefficient (Wildman–Crippen LogP) is 6.27. The molecule has 2 aromatic carbocycles. The van der Waals surface area contributed by atoms with Gasteiger partial charge in [0.1, 0.15) is 11.1 Å². The largest absolute Gasteiger partial charge is 0.489 e. The number of aromatic amines is 1. The summed E-state index contributed by atoms with van der Waals surface area (Å²) in [6, 6.07) is 11.3. The molecular weight excluding hydrogens is 553 g/mol. The van der Waals surface area contributed by atoms with E-state index in [1.165, 1.54) is 24.4 Å². The SMILES string of the molecule is CN(C)Cc1ccc(C(=O)OC(Cc2c(Cl)c[nH]c(=O)c2Cl)c2ccc(OC(F)F)c(OCC3CC3)c2)cc1. The van der Waals surface area contributed by atoms with E-state index in [2.05, 4.69) is 9.72 Å². The van der Waals surface area contributed by atoms with Crippen LogP contribution in [0.1, 0.15) is 46.0 Å². The molecule has 39 heavy (non-hydrogen) atoms. The van der Waals surface area contributed by atoms with Crippen LogP contribution in [0.4, 0.5) is 8.78 Å². The maximum absolute atomic E-state index is 13.2. The van der Waals surface area contributed by atoms with E-state index in [0.717, 1.165) is 18.4 Å². The van der Waals surface area contributed by atoms with Gasteiger partial charge in [-0.1, -0.05) is 41.4 Å². The topological polar surface area (TPSA) is 80.9 Å². The number of esters is 1. The highest BCUT2D eigenvalue weighted by Gasteiger charge is 2.26. The third kappa shape index (κ3) is 7.94. The number of benzene rings is 2. The fraction of sp³-hybridized carbons (Fsp3) is 0.357. The fourth-order valence-electron chi connectivity index (χ4n) is 3.95. The second kappa shape index (κ2) is 12.8. The Kier molecular flexibility index (Phi) is 9.48. The molecule has 0 aliphatic heterocycles. The number of alkyl halides is 2. The quantitative estimate of drug-likeness (QED) is 0.254. The predicted molar refractivity (Wildman–Crippen MR) is 144 cm³/mol. The Hall–Kier alpha value is -3.14. The van der Waals surface area contributed by atoms with E-state index < -0.39 is 24.2 Å². The van der Waals surface area contributed by atoms with Crippen LogP contribution in [0.2, 0.25) is 10.0 Å². The average Bonchev–Trinajstić information content (AvgIpc) is 3.72. The van der Waals surface area contributed by atoms with Crippen molar-refractivity contribution in [1.29, 1.82) is 0 Å². The lowest BCUT2D eigenvalue weighted by Gasteiger charge is -2.21. The number of hydrogen-bond donors (Lipinski definition) is 1. The van der Waals surface area contributed by atoms with E-state index in [-0.39, 0.29) is 33.5 Å². The number of H-pyrrole nitrogens is 1. The molecule has 1 atom stereocenters. The van der Waals surface area contributed by atoms with Gasteiger partial charge in [-0.25, -0.2) is 4.79 Å². The zero-order chi connectivity index (χ0) is 28.1. The van der Waals surface area contributed by atoms with Gasteiger partial charge in [0.25, 0.3) is 5.56 Å². The Labute approximate surface area is 234 Å². The Balaban J connectivity index is 1.67. The number of rotatable bonds is 12. The summed E-state index contributed by atoms with van der Waals surface area (Å²) >= 11 is 12.6. The summed E-state index contributed by atoms with van der Waals surface area (Å²) < 4.78 is 42.4. The number of carbonyl (C=O) groups is 1. The molecule has 1 N–H and O–H groups in total.